The number of oxime groups is 1. The van der Waals surface area contributed by atoms with Gasteiger partial charge < -0.3 is 4.84 Å². The van der Waals surface area contributed by atoms with Crippen LogP contribution in [-0.2, 0) is 10.3 Å². The Balaban J connectivity index is 1.68. The normalized spacial score (nSPS) is 28.6. The van der Waals surface area contributed by atoms with Gasteiger partial charge in [-0.3, -0.25) is 0 Å². The van der Waals surface area contributed by atoms with Crippen LogP contribution in [0.2, 0.25) is 0 Å². The van der Waals surface area contributed by atoms with Crippen LogP contribution < -0.4 is 0 Å². The number of nitrogens with zero attached hydrogens (tertiary/aromatic N) is 2. The van der Waals surface area contributed by atoms with Gasteiger partial charge in [-0.05, 0) is 24.1 Å². The number of hydrogen-bond acceptors (Lipinski definition) is 3. The summed E-state index contributed by atoms with van der Waals surface area (Å²) in [5.74, 6) is 0.171. The van der Waals surface area contributed by atoms with Gasteiger partial charge in [-0.15, -0.1) is 0 Å². The van der Waals surface area contributed by atoms with Crippen LogP contribution in [0.15, 0.2) is 64.2 Å². The minimum atomic E-state index is -0.482. The Bertz CT molecular complexity index is 812. The van der Waals surface area contributed by atoms with E-state index in [0.29, 0.717) is 6.42 Å². The molecule has 4 heteroatoms. The van der Waals surface area contributed by atoms with E-state index in [4.69, 9.17) is 4.84 Å². The van der Waals surface area contributed by atoms with E-state index in [1.54, 1.807) is 0 Å². The Hall–Kier alpha value is -2.12. The molecule has 4 rings (SSSR count). The number of rotatable bonds is 2. The van der Waals surface area contributed by atoms with Crippen molar-refractivity contribution in [2.75, 3.05) is 0 Å². The van der Waals surface area contributed by atoms with Crippen molar-refractivity contribution in [1.82, 2.24) is 0 Å². The predicted molar refractivity (Wildman–Crippen MR) is 92.0 cm³/mol. The molecule has 1 heterocycles. The first-order valence-electron chi connectivity index (χ1n) is 7.68. The molecule has 2 aromatic carbocycles. The Kier molecular flexibility index (Phi) is 3.46. The fourth-order valence-electron chi connectivity index (χ4n) is 3.71. The molecule has 1 saturated carbocycles. The quantitative estimate of drug-likeness (QED) is 0.789. The summed E-state index contributed by atoms with van der Waals surface area (Å²) < 4.78 is 1.02. The van der Waals surface area contributed by atoms with E-state index in [2.05, 4.69) is 33.2 Å². The molecule has 1 aliphatic heterocycles. The summed E-state index contributed by atoms with van der Waals surface area (Å²) in [4.78, 5) is 5.68. The average molecular weight is 367 g/mol. The van der Waals surface area contributed by atoms with Crippen LogP contribution >= 0.6 is 15.9 Å². The van der Waals surface area contributed by atoms with E-state index < -0.39 is 5.41 Å². The number of fused-ring (bicyclic) bond motifs is 1. The molecule has 0 N–H and O–H groups in total. The van der Waals surface area contributed by atoms with Gasteiger partial charge in [-0.2, -0.15) is 5.26 Å². The second kappa shape index (κ2) is 5.50. The Morgan fingerprint density at radius 2 is 1.96 bits per heavy atom. The molecule has 1 aliphatic carbocycles. The zero-order valence-electron chi connectivity index (χ0n) is 12.4. The molecule has 0 radical (unpaired) electrons. The first kappa shape index (κ1) is 14.5. The highest BCUT2D eigenvalue weighted by atomic mass is 79.9. The Morgan fingerprint density at radius 3 is 2.70 bits per heavy atom. The first-order chi connectivity index (χ1) is 11.2. The lowest BCUT2D eigenvalue weighted by atomic mass is 9.79. The minimum Gasteiger partial charge on any atom is -0.391 e. The monoisotopic (exact) mass is 366 g/mol. The average Bonchev–Trinajstić information content (AvgIpc) is 3.13. The van der Waals surface area contributed by atoms with Crippen LogP contribution in [0.1, 0.15) is 24.0 Å². The van der Waals surface area contributed by atoms with E-state index >= 15 is 0 Å². The van der Waals surface area contributed by atoms with Gasteiger partial charge >= 0.3 is 0 Å². The highest BCUT2D eigenvalue weighted by Crippen LogP contribution is 2.48. The summed E-state index contributed by atoms with van der Waals surface area (Å²) >= 11 is 3.51. The smallest absolute Gasteiger partial charge is 0.137 e. The van der Waals surface area contributed by atoms with Gasteiger partial charge in [0.2, 0.25) is 0 Å². The molecule has 0 unspecified atom stereocenters. The molecule has 114 valence electrons. The molecule has 3 atom stereocenters. The first-order valence-corrected chi connectivity index (χ1v) is 8.48. The van der Waals surface area contributed by atoms with Gasteiger partial charge in [-0.25, -0.2) is 0 Å². The lowest BCUT2D eigenvalue weighted by Crippen LogP contribution is -2.22. The van der Waals surface area contributed by atoms with Crippen molar-refractivity contribution < 1.29 is 4.84 Å². The van der Waals surface area contributed by atoms with Gasteiger partial charge in [0, 0.05) is 22.4 Å². The van der Waals surface area contributed by atoms with Gasteiger partial charge in [0.05, 0.1) is 17.2 Å². The molecule has 2 aliphatic rings. The van der Waals surface area contributed by atoms with Gasteiger partial charge in [0.15, 0.2) is 0 Å². The summed E-state index contributed by atoms with van der Waals surface area (Å²) in [5.41, 5.74) is 2.62. The van der Waals surface area contributed by atoms with Crippen molar-refractivity contribution in [3.05, 3.63) is 70.2 Å². The van der Waals surface area contributed by atoms with Crippen molar-refractivity contribution in [2.45, 2.75) is 24.4 Å². The van der Waals surface area contributed by atoms with Crippen molar-refractivity contribution in [3.8, 4) is 6.07 Å². The summed E-state index contributed by atoms with van der Waals surface area (Å²) in [6.45, 7) is 0. The summed E-state index contributed by atoms with van der Waals surface area (Å²) in [6, 6.07) is 20.7. The van der Waals surface area contributed by atoms with Crippen molar-refractivity contribution in [3.63, 3.8) is 0 Å². The summed E-state index contributed by atoms with van der Waals surface area (Å²) in [5, 5.41) is 14.2. The molecule has 0 amide bonds. The second-order valence-electron chi connectivity index (χ2n) is 6.21. The van der Waals surface area contributed by atoms with E-state index in [1.807, 2.05) is 48.5 Å². The third-order valence-corrected chi connectivity index (χ3v) is 5.36. The fourth-order valence-corrected chi connectivity index (χ4v) is 4.11. The van der Waals surface area contributed by atoms with Gasteiger partial charge in [0.25, 0.3) is 0 Å². The van der Waals surface area contributed by atoms with Crippen LogP contribution in [0.5, 0.6) is 0 Å². The van der Waals surface area contributed by atoms with Crippen molar-refractivity contribution >= 4 is 21.6 Å². The van der Waals surface area contributed by atoms with Crippen molar-refractivity contribution in [2.24, 2.45) is 11.1 Å². The van der Waals surface area contributed by atoms with E-state index in [0.717, 1.165) is 27.7 Å². The zero-order chi connectivity index (χ0) is 15.9. The Morgan fingerprint density at radius 1 is 1.13 bits per heavy atom. The lowest BCUT2D eigenvalue weighted by Gasteiger charge is -2.21. The Labute approximate surface area is 143 Å². The van der Waals surface area contributed by atoms with E-state index in [9.17, 15) is 5.26 Å². The zero-order valence-corrected chi connectivity index (χ0v) is 14.0. The highest BCUT2D eigenvalue weighted by molar-refractivity contribution is 9.10. The van der Waals surface area contributed by atoms with Crippen LogP contribution in [0.25, 0.3) is 0 Å². The molecular weight excluding hydrogens is 352 g/mol. The molecule has 1 fully saturated rings. The molecule has 0 saturated heterocycles. The molecular formula is C19H15BrN2O. The largest absolute Gasteiger partial charge is 0.391 e. The van der Waals surface area contributed by atoms with E-state index in [-0.39, 0.29) is 12.0 Å². The lowest BCUT2D eigenvalue weighted by molar-refractivity contribution is 0.0716. The summed E-state index contributed by atoms with van der Waals surface area (Å²) in [7, 11) is 0. The fraction of sp³-hybridized carbons (Fsp3) is 0.263. The second-order valence-corrected chi connectivity index (χ2v) is 7.12. The molecule has 0 aromatic heterocycles. The standard InChI is InChI=1S/C19H15BrN2O/c20-15-8-4-5-13(9-15)18-16-10-19(12-21,11-17(16)23-22-18)14-6-2-1-3-7-14/h1-9,16-17H,10-11H2/t16-,17+,19+/m1/s1. The maximum Gasteiger partial charge on any atom is 0.137 e. The summed E-state index contributed by atoms with van der Waals surface area (Å²) in [6.07, 6.45) is 1.44. The minimum absolute atomic E-state index is 0.0103. The molecule has 23 heavy (non-hydrogen) atoms. The number of hydrogen-bond donors (Lipinski definition) is 0. The number of nitriles is 1. The predicted octanol–water partition coefficient (Wildman–Crippen LogP) is 4.42. The molecule has 2 aromatic rings. The third-order valence-electron chi connectivity index (χ3n) is 4.87. The molecule has 0 bridgehead atoms. The van der Waals surface area contributed by atoms with Crippen LogP contribution in [-0.4, -0.2) is 11.8 Å². The number of halogens is 1. The third kappa shape index (κ3) is 2.36. The van der Waals surface area contributed by atoms with Gasteiger partial charge in [0.1, 0.15) is 6.10 Å². The maximum absolute atomic E-state index is 9.87. The van der Waals surface area contributed by atoms with E-state index in [1.165, 1.54) is 0 Å². The molecule has 3 nitrogen and oxygen atoms in total. The van der Waals surface area contributed by atoms with Crippen LogP contribution in [0, 0.1) is 17.2 Å². The molecule has 0 spiro atoms. The topological polar surface area (TPSA) is 45.4 Å². The highest BCUT2D eigenvalue weighted by Gasteiger charge is 2.52. The van der Waals surface area contributed by atoms with Crippen molar-refractivity contribution in [1.29, 1.82) is 5.26 Å². The SMILES string of the molecule is N#C[C@@]1(c2ccccc2)C[C@@H]2ON=C(c3cccc(Br)c3)[C@@H]2C1. The number of benzene rings is 2. The van der Waals surface area contributed by atoms with Gasteiger partial charge in [-0.1, -0.05) is 63.6 Å². The van der Waals surface area contributed by atoms with Crippen LogP contribution in [0.4, 0.5) is 0 Å². The maximum atomic E-state index is 9.87. The van der Waals surface area contributed by atoms with Crippen LogP contribution in [0.3, 0.4) is 0 Å².